The van der Waals surface area contributed by atoms with Gasteiger partial charge in [0, 0.05) is 17.5 Å². The monoisotopic (exact) mass is 408 g/mol. The van der Waals surface area contributed by atoms with E-state index in [0.29, 0.717) is 11.1 Å². The SMILES string of the molecule is CC(C)(C)OC(=O)NCC(=O)NCc1cccc(-c2n[nH]c(=O)c3ccccc23)c1. The molecule has 30 heavy (non-hydrogen) atoms. The van der Waals surface area contributed by atoms with Gasteiger partial charge in [0.1, 0.15) is 12.1 Å². The molecule has 3 N–H and O–H groups in total. The number of hydrogen-bond acceptors (Lipinski definition) is 5. The number of fused-ring (bicyclic) bond motifs is 1. The van der Waals surface area contributed by atoms with Gasteiger partial charge in [-0.25, -0.2) is 9.89 Å². The van der Waals surface area contributed by atoms with Gasteiger partial charge in [-0.15, -0.1) is 0 Å². The summed E-state index contributed by atoms with van der Waals surface area (Å²) >= 11 is 0. The summed E-state index contributed by atoms with van der Waals surface area (Å²) in [5, 5.41) is 13.2. The third-order valence-electron chi connectivity index (χ3n) is 4.18. The molecule has 1 aromatic heterocycles. The highest BCUT2D eigenvalue weighted by Gasteiger charge is 2.16. The Morgan fingerprint density at radius 2 is 1.77 bits per heavy atom. The largest absolute Gasteiger partial charge is 0.444 e. The third-order valence-corrected chi connectivity index (χ3v) is 4.18. The summed E-state index contributed by atoms with van der Waals surface area (Å²) in [6.45, 7) is 5.35. The first-order valence-corrected chi connectivity index (χ1v) is 9.53. The lowest BCUT2D eigenvalue weighted by Gasteiger charge is -2.19. The fourth-order valence-electron chi connectivity index (χ4n) is 2.89. The Labute approximate surface area is 173 Å². The first kappa shape index (κ1) is 21.0. The molecule has 8 nitrogen and oxygen atoms in total. The van der Waals surface area contributed by atoms with E-state index < -0.39 is 11.7 Å². The van der Waals surface area contributed by atoms with Crippen molar-refractivity contribution in [3.8, 4) is 11.3 Å². The number of amides is 2. The van der Waals surface area contributed by atoms with Gasteiger partial charge in [-0.2, -0.15) is 5.10 Å². The lowest BCUT2D eigenvalue weighted by molar-refractivity contribution is -0.120. The van der Waals surface area contributed by atoms with E-state index in [0.717, 1.165) is 16.5 Å². The minimum Gasteiger partial charge on any atom is -0.444 e. The van der Waals surface area contributed by atoms with Crippen LogP contribution in [-0.4, -0.2) is 34.3 Å². The molecule has 0 aliphatic rings. The minimum absolute atomic E-state index is 0.180. The van der Waals surface area contributed by atoms with Crippen LogP contribution in [-0.2, 0) is 16.1 Å². The molecule has 0 saturated carbocycles. The number of nitrogens with zero attached hydrogens (tertiary/aromatic N) is 1. The van der Waals surface area contributed by atoms with Crippen LogP contribution in [0.3, 0.4) is 0 Å². The average molecular weight is 408 g/mol. The first-order chi connectivity index (χ1) is 14.2. The number of H-pyrrole nitrogens is 1. The van der Waals surface area contributed by atoms with E-state index in [4.69, 9.17) is 4.74 Å². The van der Waals surface area contributed by atoms with Gasteiger partial charge in [-0.05, 0) is 38.5 Å². The van der Waals surface area contributed by atoms with Crippen molar-refractivity contribution < 1.29 is 14.3 Å². The summed E-state index contributed by atoms with van der Waals surface area (Å²) in [4.78, 5) is 35.6. The molecule has 2 aromatic carbocycles. The topological polar surface area (TPSA) is 113 Å². The van der Waals surface area contributed by atoms with E-state index in [1.807, 2.05) is 36.4 Å². The van der Waals surface area contributed by atoms with E-state index in [-0.39, 0.29) is 24.6 Å². The second-order valence-electron chi connectivity index (χ2n) is 7.78. The Morgan fingerprint density at radius 3 is 2.50 bits per heavy atom. The van der Waals surface area contributed by atoms with Gasteiger partial charge in [0.15, 0.2) is 0 Å². The molecule has 1 heterocycles. The van der Waals surface area contributed by atoms with Crippen LogP contribution in [0.5, 0.6) is 0 Å². The van der Waals surface area contributed by atoms with Gasteiger partial charge in [-0.3, -0.25) is 9.59 Å². The Morgan fingerprint density at radius 1 is 1.03 bits per heavy atom. The first-order valence-electron chi connectivity index (χ1n) is 9.53. The number of carbonyl (C=O) groups is 2. The maximum atomic E-state index is 12.0. The predicted molar refractivity (Wildman–Crippen MR) is 114 cm³/mol. The summed E-state index contributed by atoms with van der Waals surface area (Å²) < 4.78 is 5.10. The van der Waals surface area contributed by atoms with E-state index >= 15 is 0 Å². The molecule has 0 fully saturated rings. The van der Waals surface area contributed by atoms with Crippen LogP contribution in [0, 0.1) is 0 Å². The van der Waals surface area contributed by atoms with Crippen LogP contribution in [0.1, 0.15) is 26.3 Å². The summed E-state index contributed by atoms with van der Waals surface area (Å²) in [5.74, 6) is -0.334. The Kier molecular flexibility index (Phi) is 6.15. The summed E-state index contributed by atoms with van der Waals surface area (Å²) in [7, 11) is 0. The molecular formula is C22H24N4O4. The molecule has 0 unspecified atom stereocenters. The number of alkyl carbamates (subject to hydrolysis) is 1. The van der Waals surface area contributed by atoms with Crippen molar-refractivity contribution >= 4 is 22.8 Å². The molecule has 0 spiro atoms. The third kappa shape index (κ3) is 5.44. The van der Waals surface area contributed by atoms with Gasteiger partial charge < -0.3 is 15.4 Å². The molecule has 0 saturated heterocycles. The number of benzene rings is 2. The van der Waals surface area contributed by atoms with Crippen molar-refractivity contribution in [2.45, 2.75) is 32.9 Å². The minimum atomic E-state index is -0.643. The second-order valence-corrected chi connectivity index (χ2v) is 7.78. The number of aromatic amines is 1. The zero-order valence-corrected chi connectivity index (χ0v) is 17.1. The summed E-state index contributed by atoms with van der Waals surface area (Å²) in [6, 6.07) is 14.8. The Hall–Kier alpha value is -3.68. The predicted octanol–water partition coefficient (Wildman–Crippen LogP) is 2.73. The molecule has 0 aliphatic carbocycles. The van der Waals surface area contributed by atoms with Crippen LogP contribution in [0.4, 0.5) is 4.79 Å². The molecular weight excluding hydrogens is 384 g/mol. The van der Waals surface area contributed by atoms with E-state index in [1.165, 1.54) is 0 Å². The molecule has 0 bridgehead atoms. The van der Waals surface area contributed by atoms with Crippen molar-refractivity contribution in [3.63, 3.8) is 0 Å². The normalized spacial score (nSPS) is 11.2. The van der Waals surface area contributed by atoms with E-state index in [1.54, 1.807) is 32.9 Å². The van der Waals surface area contributed by atoms with Gasteiger partial charge in [0.2, 0.25) is 5.91 Å². The Balaban J connectivity index is 1.66. The van der Waals surface area contributed by atoms with Crippen molar-refractivity contribution in [2.75, 3.05) is 6.54 Å². The second kappa shape index (κ2) is 8.77. The number of rotatable bonds is 5. The molecule has 3 aromatic rings. The molecule has 0 radical (unpaired) electrons. The number of aromatic nitrogens is 2. The number of ether oxygens (including phenoxy) is 1. The van der Waals surface area contributed by atoms with Crippen LogP contribution in [0.2, 0.25) is 0 Å². The van der Waals surface area contributed by atoms with Crippen LogP contribution in [0.25, 0.3) is 22.0 Å². The summed E-state index contributed by atoms with van der Waals surface area (Å²) in [5.41, 5.74) is 1.47. The average Bonchev–Trinajstić information content (AvgIpc) is 2.70. The highest BCUT2D eigenvalue weighted by molar-refractivity contribution is 5.93. The molecule has 3 rings (SSSR count). The fraction of sp³-hybridized carbons (Fsp3) is 0.273. The molecule has 0 atom stereocenters. The smallest absolute Gasteiger partial charge is 0.408 e. The van der Waals surface area contributed by atoms with Gasteiger partial charge in [0.05, 0.1) is 11.1 Å². The fourth-order valence-corrected chi connectivity index (χ4v) is 2.89. The van der Waals surface area contributed by atoms with Crippen molar-refractivity contribution in [2.24, 2.45) is 0 Å². The van der Waals surface area contributed by atoms with Gasteiger partial charge >= 0.3 is 6.09 Å². The van der Waals surface area contributed by atoms with E-state index in [9.17, 15) is 14.4 Å². The van der Waals surface area contributed by atoms with Crippen LogP contribution < -0.4 is 16.2 Å². The maximum absolute atomic E-state index is 12.0. The molecule has 8 heteroatoms. The summed E-state index contributed by atoms with van der Waals surface area (Å²) in [6.07, 6.45) is -0.643. The Bertz CT molecular complexity index is 1130. The van der Waals surface area contributed by atoms with Crippen molar-refractivity contribution in [1.82, 2.24) is 20.8 Å². The van der Waals surface area contributed by atoms with E-state index in [2.05, 4.69) is 20.8 Å². The molecule has 2 amide bonds. The van der Waals surface area contributed by atoms with Crippen LogP contribution in [0.15, 0.2) is 53.3 Å². The zero-order valence-electron chi connectivity index (χ0n) is 17.1. The highest BCUT2D eigenvalue weighted by Crippen LogP contribution is 2.24. The lowest BCUT2D eigenvalue weighted by atomic mass is 10.0. The van der Waals surface area contributed by atoms with Gasteiger partial charge in [0.25, 0.3) is 5.56 Å². The van der Waals surface area contributed by atoms with Crippen LogP contribution >= 0.6 is 0 Å². The van der Waals surface area contributed by atoms with Gasteiger partial charge in [-0.1, -0.05) is 36.4 Å². The lowest BCUT2D eigenvalue weighted by Crippen LogP contribution is -2.39. The van der Waals surface area contributed by atoms with Crippen molar-refractivity contribution in [1.29, 1.82) is 0 Å². The highest BCUT2D eigenvalue weighted by atomic mass is 16.6. The zero-order chi connectivity index (χ0) is 21.7. The standard InChI is InChI=1S/C22H24N4O4/c1-22(2,3)30-21(29)24-13-18(27)23-12-14-7-6-8-15(11-14)19-16-9-4-5-10-17(16)20(28)26-25-19/h4-11H,12-13H2,1-3H3,(H,23,27)(H,24,29)(H,26,28). The quantitative estimate of drug-likeness (QED) is 0.601. The molecule has 156 valence electrons. The number of nitrogens with one attached hydrogen (secondary N) is 3. The number of carbonyl (C=O) groups excluding carboxylic acids is 2. The number of hydrogen-bond donors (Lipinski definition) is 3. The maximum Gasteiger partial charge on any atom is 0.408 e. The van der Waals surface area contributed by atoms with Crippen molar-refractivity contribution in [3.05, 3.63) is 64.4 Å². The molecule has 0 aliphatic heterocycles.